The van der Waals surface area contributed by atoms with Gasteiger partial charge in [-0.15, -0.1) is 0 Å². The van der Waals surface area contributed by atoms with Gasteiger partial charge in [-0.2, -0.15) is 5.10 Å². The van der Waals surface area contributed by atoms with E-state index in [0.29, 0.717) is 51.6 Å². The van der Waals surface area contributed by atoms with Crippen molar-refractivity contribution in [1.29, 1.82) is 0 Å². The van der Waals surface area contributed by atoms with E-state index in [9.17, 15) is 14.0 Å². The summed E-state index contributed by atoms with van der Waals surface area (Å²) in [6, 6.07) is 18.1. The number of benzene rings is 3. The van der Waals surface area contributed by atoms with Gasteiger partial charge in [0.1, 0.15) is 12.1 Å². The predicted molar refractivity (Wildman–Crippen MR) is 147 cm³/mol. The number of nitrogens with zero attached hydrogens (tertiary/aromatic N) is 3. The molecule has 0 spiro atoms. The summed E-state index contributed by atoms with van der Waals surface area (Å²) in [6.45, 7) is 0.409. The minimum atomic E-state index is -0.822. The van der Waals surface area contributed by atoms with E-state index in [2.05, 4.69) is 20.7 Å². The molecule has 0 bridgehead atoms. The molecule has 0 saturated heterocycles. The van der Waals surface area contributed by atoms with Crippen LogP contribution in [0.25, 0.3) is 16.8 Å². The van der Waals surface area contributed by atoms with Crippen LogP contribution >= 0.6 is 11.6 Å². The van der Waals surface area contributed by atoms with E-state index < -0.39 is 18.0 Å². The molecule has 2 aromatic heterocycles. The maximum absolute atomic E-state index is 14.3. The maximum atomic E-state index is 14.3. The fourth-order valence-corrected chi connectivity index (χ4v) is 5.70. The Labute approximate surface area is 232 Å². The van der Waals surface area contributed by atoms with Gasteiger partial charge in [-0.05, 0) is 65.6 Å². The molecule has 2 amide bonds. The molecule has 2 unspecified atom stereocenters. The van der Waals surface area contributed by atoms with Crippen LogP contribution in [0.3, 0.4) is 0 Å². The zero-order valence-corrected chi connectivity index (χ0v) is 21.7. The molecule has 4 heterocycles. The third-order valence-corrected chi connectivity index (χ3v) is 7.70. The summed E-state index contributed by atoms with van der Waals surface area (Å²) in [6.07, 6.45) is 3.14. The van der Waals surface area contributed by atoms with E-state index in [4.69, 9.17) is 16.3 Å². The first kappa shape index (κ1) is 24.4. The van der Waals surface area contributed by atoms with Crippen LogP contribution in [0.2, 0.25) is 5.02 Å². The van der Waals surface area contributed by atoms with Crippen molar-refractivity contribution in [2.24, 2.45) is 0 Å². The quantitative estimate of drug-likeness (QED) is 0.316. The Morgan fingerprint density at radius 2 is 1.95 bits per heavy atom. The molecule has 7 rings (SSSR count). The number of anilines is 1. The van der Waals surface area contributed by atoms with Crippen LogP contribution in [0.15, 0.2) is 79.3 Å². The Bertz CT molecular complexity index is 1840. The number of amides is 2. The standard InChI is InChI=1S/C30H21ClFN5O3/c31-23-7-6-19(32)13-21(23)27-26-22(29(38)36-27)11-18(17-5-8-25-33-15-34-37(25)14-17)12-24(26)35-30(39)28-20-4-2-1-3-16(20)9-10-40-28/h1-8,11-15,27-28H,9-10H2,(H,35,39)(H,36,38). The average Bonchev–Trinajstić information content (AvgIpc) is 3.58. The van der Waals surface area contributed by atoms with Gasteiger partial charge in [0.05, 0.1) is 12.6 Å². The second kappa shape index (κ2) is 9.55. The first-order valence-electron chi connectivity index (χ1n) is 12.7. The second-order valence-corrected chi connectivity index (χ2v) is 10.1. The van der Waals surface area contributed by atoms with Crippen molar-refractivity contribution in [3.8, 4) is 11.1 Å². The van der Waals surface area contributed by atoms with Crippen LogP contribution in [0.4, 0.5) is 10.1 Å². The third-order valence-electron chi connectivity index (χ3n) is 7.35. The fourth-order valence-electron chi connectivity index (χ4n) is 5.47. The molecule has 0 radical (unpaired) electrons. The van der Waals surface area contributed by atoms with Gasteiger partial charge >= 0.3 is 0 Å². The van der Waals surface area contributed by atoms with Crippen LogP contribution in [0.1, 0.15) is 44.8 Å². The summed E-state index contributed by atoms with van der Waals surface area (Å²) in [4.78, 5) is 31.2. The molecule has 2 aliphatic rings. The number of aromatic nitrogens is 3. The van der Waals surface area contributed by atoms with Crippen molar-refractivity contribution in [2.75, 3.05) is 11.9 Å². The number of rotatable bonds is 4. The molecule has 40 heavy (non-hydrogen) atoms. The fraction of sp³-hybridized carbons (Fsp3) is 0.133. The normalized spacial score (nSPS) is 17.8. The molecule has 5 aromatic rings. The monoisotopic (exact) mass is 553 g/mol. The topological polar surface area (TPSA) is 97.6 Å². The Hall–Kier alpha value is -4.60. The largest absolute Gasteiger partial charge is 0.363 e. The van der Waals surface area contributed by atoms with Crippen LogP contribution in [0, 0.1) is 5.82 Å². The summed E-state index contributed by atoms with van der Waals surface area (Å²) < 4.78 is 21.8. The van der Waals surface area contributed by atoms with Crippen molar-refractivity contribution in [1.82, 2.24) is 19.9 Å². The highest BCUT2D eigenvalue weighted by atomic mass is 35.5. The third kappa shape index (κ3) is 4.11. The highest BCUT2D eigenvalue weighted by Crippen LogP contribution is 2.42. The van der Waals surface area contributed by atoms with Gasteiger partial charge in [-0.25, -0.2) is 13.9 Å². The summed E-state index contributed by atoms with van der Waals surface area (Å²) in [5.74, 6) is -1.22. The number of fused-ring (bicyclic) bond motifs is 3. The van der Waals surface area contributed by atoms with E-state index >= 15 is 0 Å². The molecular weight excluding hydrogens is 533 g/mol. The zero-order valence-electron chi connectivity index (χ0n) is 20.9. The summed E-state index contributed by atoms with van der Waals surface area (Å²) in [5.41, 5.74) is 5.59. The highest BCUT2D eigenvalue weighted by Gasteiger charge is 2.36. The average molecular weight is 554 g/mol. The number of carbonyl (C=O) groups excluding carboxylic acids is 2. The van der Waals surface area contributed by atoms with Crippen molar-refractivity contribution < 1.29 is 18.7 Å². The Balaban J connectivity index is 1.37. The molecule has 8 nitrogen and oxygen atoms in total. The lowest BCUT2D eigenvalue weighted by Gasteiger charge is -2.26. The molecule has 198 valence electrons. The number of halogens is 2. The van der Waals surface area contributed by atoms with Gasteiger partial charge < -0.3 is 15.4 Å². The van der Waals surface area contributed by atoms with Crippen molar-refractivity contribution >= 4 is 34.7 Å². The predicted octanol–water partition coefficient (Wildman–Crippen LogP) is 5.27. The molecule has 0 fully saturated rings. The Kier molecular flexibility index (Phi) is 5.83. The van der Waals surface area contributed by atoms with Gasteiger partial charge in [0.25, 0.3) is 11.8 Å². The van der Waals surface area contributed by atoms with Gasteiger partial charge in [-0.3, -0.25) is 9.59 Å². The molecular formula is C30H21ClFN5O3. The maximum Gasteiger partial charge on any atom is 0.258 e. The van der Waals surface area contributed by atoms with Crippen molar-refractivity contribution in [3.05, 3.63) is 118 Å². The lowest BCUT2D eigenvalue weighted by atomic mass is 9.92. The van der Waals surface area contributed by atoms with Crippen molar-refractivity contribution in [2.45, 2.75) is 18.6 Å². The number of pyridine rings is 1. The van der Waals surface area contributed by atoms with Gasteiger partial charge in [-0.1, -0.05) is 35.9 Å². The molecule has 2 aliphatic heterocycles. The van der Waals surface area contributed by atoms with E-state index in [0.717, 1.165) is 16.7 Å². The zero-order chi connectivity index (χ0) is 27.4. The number of carbonyl (C=O) groups is 2. The highest BCUT2D eigenvalue weighted by molar-refractivity contribution is 6.31. The lowest BCUT2D eigenvalue weighted by molar-refractivity contribution is -0.128. The number of ether oxygens (including phenoxy) is 1. The summed E-state index contributed by atoms with van der Waals surface area (Å²) in [7, 11) is 0. The smallest absolute Gasteiger partial charge is 0.258 e. The Morgan fingerprint density at radius 3 is 2.85 bits per heavy atom. The van der Waals surface area contributed by atoms with Crippen LogP contribution in [0.5, 0.6) is 0 Å². The van der Waals surface area contributed by atoms with Crippen LogP contribution < -0.4 is 10.6 Å². The number of nitrogens with one attached hydrogen (secondary N) is 2. The van der Waals surface area contributed by atoms with E-state index in [1.807, 2.05) is 36.4 Å². The van der Waals surface area contributed by atoms with E-state index in [1.165, 1.54) is 24.5 Å². The number of hydrogen-bond donors (Lipinski definition) is 2. The SMILES string of the molecule is O=C1NC(c2cc(F)ccc2Cl)c2c(NC(=O)C3OCCc4ccccc43)cc(-c3ccc4ncnn4c3)cc21. The molecule has 2 N–H and O–H groups in total. The van der Waals surface area contributed by atoms with Crippen LogP contribution in [-0.4, -0.2) is 33.0 Å². The minimum Gasteiger partial charge on any atom is -0.363 e. The van der Waals surface area contributed by atoms with Gasteiger partial charge in [0.2, 0.25) is 0 Å². The van der Waals surface area contributed by atoms with Crippen molar-refractivity contribution in [3.63, 3.8) is 0 Å². The first-order chi connectivity index (χ1) is 19.5. The van der Waals surface area contributed by atoms with Gasteiger partial charge in [0, 0.05) is 39.2 Å². The first-order valence-corrected chi connectivity index (χ1v) is 13.1. The molecule has 3 aromatic carbocycles. The summed E-state index contributed by atoms with van der Waals surface area (Å²) >= 11 is 6.46. The number of hydrogen-bond acceptors (Lipinski definition) is 5. The van der Waals surface area contributed by atoms with E-state index in [-0.39, 0.29) is 11.8 Å². The van der Waals surface area contributed by atoms with Gasteiger partial charge in [0.15, 0.2) is 11.8 Å². The molecule has 0 saturated carbocycles. The van der Waals surface area contributed by atoms with Crippen LogP contribution in [-0.2, 0) is 16.0 Å². The summed E-state index contributed by atoms with van der Waals surface area (Å²) in [5, 5.41) is 10.4. The molecule has 0 aliphatic carbocycles. The second-order valence-electron chi connectivity index (χ2n) is 9.73. The minimum absolute atomic E-state index is 0.294. The van der Waals surface area contributed by atoms with E-state index in [1.54, 1.807) is 22.8 Å². The Morgan fingerprint density at radius 1 is 1.07 bits per heavy atom. The lowest BCUT2D eigenvalue weighted by Crippen LogP contribution is -2.29. The molecule has 2 atom stereocenters. The molecule has 10 heteroatoms.